The average Bonchev–Trinajstić information content (AvgIpc) is 2.91. The summed E-state index contributed by atoms with van der Waals surface area (Å²) in [6, 6.07) is 14.3. The Morgan fingerprint density at radius 1 is 1.12 bits per heavy atom. The van der Waals surface area contributed by atoms with E-state index in [1.807, 2.05) is 31.2 Å². The van der Waals surface area contributed by atoms with Crippen LogP contribution < -0.4 is 10.1 Å². The van der Waals surface area contributed by atoms with E-state index in [1.165, 1.54) is 12.1 Å². The van der Waals surface area contributed by atoms with Gasteiger partial charge in [0.15, 0.2) is 0 Å². The molecule has 0 amide bonds. The van der Waals surface area contributed by atoms with Crippen LogP contribution in [0.2, 0.25) is 5.15 Å². The van der Waals surface area contributed by atoms with Crippen molar-refractivity contribution in [1.82, 2.24) is 15.1 Å². The van der Waals surface area contributed by atoms with Gasteiger partial charge in [-0.05, 0) is 30.7 Å². The third-order valence-electron chi connectivity index (χ3n) is 4.24. The first kappa shape index (κ1) is 18.4. The summed E-state index contributed by atoms with van der Waals surface area (Å²) in [5.74, 6) is 0.604. The van der Waals surface area contributed by atoms with E-state index in [1.54, 1.807) is 23.9 Å². The Balaban J connectivity index is 1.67. The number of aromatic nitrogens is 2. The molecule has 0 atom stereocenters. The number of rotatable bonds is 7. The number of ether oxygens (including phenoxy) is 1. The van der Waals surface area contributed by atoms with Crippen LogP contribution in [-0.2, 0) is 19.6 Å². The molecule has 0 aliphatic rings. The monoisotopic (exact) mass is 373 g/mol. The van der Waals surface area contributed by atoms with E-state index in [2.05, 4.69) is 10.4 Å². The third kappa shape index (κ3) is 4.23. The molecule has 0 saturated carbocycles. The van der Waals surface area contributed by atoms with Gasteiger partial charge in [0.2, 0.25) is 0 Å². The first-order valence-corrected chi connectivity index (χ1v) is 8.75. The topological polar surface area (TPSA) is 39.1 Å². The Labute approximate surface area is 157 Å². The van der Waals surface area contributed by atoms with Crippen molar-refractivity contribution in [3.05, 3.63) is 81.9 Å². The zero-order valence-corrected chi connectivity index (χ0v) is 15.6. The second-order valence-electron chi connectivity index (χ2n) is 6.05. The molecule has 0 bridgehead atoms. The van der Waals surface area contributed by atoms with Gasteiger partial charge in [0.25, 0.3) is 0 Å². The molecule has 0 aliphatic carbocycles. The predicted octanol–water partition coefficient (Wildman–Crippen LogP) is 4.33. The molecule has 0 saturated heterocycles. The van der Waals surface area contributed by atoms with Gasteiger partial charge in [-0.1, -0.05) is 41.9 Å². The van der Waals surface area contributed by atoms with Crippen molar-refractivity contribution in [3.63, 3.8) is 0 Å². The third-order valence-corrected chi connectivity index (χ3v) is 4.66. The molecule has 0 aliphatic heterocycles. The van der Waals surface area contributed by atoms with Gasteiger partial charge in [-0.25, -0.2) is 9.07 Å². The molecular formula is C20H21ClFN3O. The van der Waals surface area contributed by atoms with E-state index in [-0.39, 0.29) is 5.82 Å². The zero-order valence-electron chi connectivity index (χ0n) is 14.8. The molecule has 6 heteroatoms. The summed E-state index contributed by atoms with van der Waals surface area (Å²) in [5, 5.41) is 8.50. The summed E-state index contributed by atoms with van der Waals surface area (Å²) in [4.78, 5) is 0. The average molecular weight is 374 g/mol. The number of methoxy groups -OCH3 is 1. The SMILES string of the molecule is COc1ccccc1CNCc1c(C)nn(Cc2ccc(F)cc2)c1Cl. The Morgan fingerprint density at radius 3 is 2.58 bits per heavy atom. The minimum absolute atomic E-state index is 0.252. The first-order chi connectivity index (χ1) is 12.6. The molecule has 0 fully saturated rings. The number of aryl methyl sites for hydroxylation is 1. The van der Waals surface area contributed by atoms with Crippen LogP contribution in [0.3, 0.4) is 0 Å². The maximum absolute atomic E-state index is 13.0. The highest BCUT2D eigenvalue weighted by atomic mass is 35.5. The van der Waals surface area contributed by atoms with Crippen molar-refractivity contribution < 1.29 is 9.13 Å². The van der Waals surface area contributed by atoms with Crippen molar-refractivity contribution in [2.45, 2.75) is 26.6 Å². The van der Waals surface area contributed by atoms with E-state index < -0.39 is 0 Å². The van der Waals surface area contributed by atoms with Gasteiger partial charge in [0.05, 0.1) is 19.3 Å². The fraction of sp³-hybridized carbons (Fsp3) is 0.250. The Morgan fingerprint density at radius 2 is 1.85 bits per heavy atom. The standard InChI is InChI=1S/C20H21ClFN3O/c1-14-18(12-23-11-16-5-3-4-6-19(16)26-2)20(21)25(24-14)13-15-7-9-17(22)10-8-15/h3-10,23H,11-13H2,1-2H3. The molecule has 0 unspecified atom stereocenters. The van der Waals surface area contributed by atoms with Gasteiger partial charge in [-0.15, -0.1) is 0 Å². The lowest BCUT2D eigenvalue weighted by Gasteiger charge is -2.09. The lowest BCUT2D eigenvalue weighted by atomic mass is 10.2. The fourth-order valence-corrected chi connectivity index (χ4v) is 3.13. The molecular weight excluding hydrogens is 353 g/mol. The lowest BCUT2D eigenvalue weighted by molar-refractivity contribution is 0.407. The molecule has 1 aromatic heterocycles. The summed E-state index contributed by atoms with van der Waals surface area (Å²) in [6.07, 6.45) is 0. The smallest absolute Gasteiger partial charge is 0.132 e. The predicted molar refractivity (Wildman–Crippen MR) is 101 cm³/mol. The van der Waals surface area contributed by atoms with Gasteiger partial charge in [0.1, 0.15) is 16.7 Å². The molecule has 0 radical (unpaired) electrons. The number of para-hydroxylation sites is 1. The van der Waals surface area contributed by atoms with Gasteiger partial charge < -0.3 is 10.1 Å². The summed E-state index contributed by atoms with van der Waals surface area (Å²) in [5.41, 5.74) is 3.88. The molecule has 2 aromatic carbocycles. The van der Waals surface area contributed by atoms with Crippen molar-refractivity contribution in [2.24, 2.45) is 0 Å². The van der Waals surface area contributed by atoms with Gasteiger partial charge in [0, 0.05) is 24.2 Å². The summed E-state index contributed by atoms with van der Waals surface area (Å²) in [7, 11) is 1.67. The number of hydrogen-bond acceptors (Lipinski definition) is 3. The Hall–Kier alpha value is -2.37. The van der Waals surface area contributed by atoms with Crippen LogP contribution >= 0.6 is 11.6 Å². The molecule has 4 nitrogen and oxygen atoms in total. The van der Waals surface area contributed by atoms with E-state index in [0.717, 1.165) is 28.1 Å². The fourth-order valence-electron chi connectivity index (χ4n) is 2.83. The highest BCUT2D eigenvalue weighted by Crippen LogP contribution is 2.22. The number of hydrogen-bond donors (Lipinski definition) is 1. The highest BCUT2D eigenvalue weighted by molar-refractivity contribution is 6.30. The number of benzene rings is 2. The van der Waals surface area contributed by atoms with Crippen molar-refractivity contribution in [1.29, 1.82) is 0 Å². The lowest BCUT2D eigenvalue weighted by Crippen LogP contribution is -2.14. The van der Waals surface area contributed by atoms with Crippen molar-refractivity contribution in [2.75, 3.05) is 7.11 Å². The number of nitrogens with one attached hydrogen (secondary N) is 1. The van der Waals surface area contributed by atoms with Gasteiger partial charge in [-0.3, -0.25) is 0 Å². The van der Waals surface area contributed by atoms with Crippen LogP contribution in [0.25, 0.3) is 0 Å². The number of nitrogens with zero attached hydrogens (tertiary/aromatic N) is 2. The molecule has 0 spiro atoms. The summed E-state index contributed by atoms with van der Waals surface area (Å²) in [6.45, 7) is 3.72. The van der Waals surface area contributed by atoms with Crippen LogP contribution in [0.5, 0.6) is 5.75 Å². The minimum atomic E-state index is -0.252. The molecule has 3 rings (SSSR count). The Kier molecular flexibility index (Phi) is 5.91. The molecule has 136 valence electrons. The van der Waals surface area contributed by atoms with E-state index in [4.69, 9.17) is 16.3 Å². The maximum Gasteiger partial charge on any atom is 0.132 e. The van der Waals surface area contributed by atoms with Crippen LogP contribution in [-0.4, -0.2) is 16.9 Å². The largest absolute Gasteiger partial charge is 0.496 e. The number of halogens is 2. The maximum atomic E-state index is 13.0. The minimum Gasteiger partial charge on any atom is -0.496 e. The molecule has 1 N–H and O–H groups in total. The molecule has 26 heavy (non-hydrogen) atoms. The zero-order chi connectivity index (χ0) is 18.5. The van der Waals surface area contributed by atoms with E-state index >= 15 is 0 Å². The van der Waals surface area contributed by atoms with Crippen LogP contribution in [0.1, 0.15) is 22.4 Å². The van der Waals surface area contributed by atoms with E-state index in [0.29, 0.717) is 24.8 Å². The van der Waals surface area contributed by atoms with Crippen LogP contribution in [0.4, 0.5) is 4.39 Å². The second-order valence-corrected chi connectivity index (χ2v) is 6.41. The second kappa shape index (κ2) is 8.34. The quantitative estimate of drug-likeness (QED) is 0.670. The van der Waals surface area contributed by atoms with Crippen LogP contribution in [0.15, 0.2) is 48.5 Å². The van der Waals surface area contributed by atoms with Crippen molar-refractivity contribution in [3.8, 4) is 5.75 Å². The summed E-state index contributed by atoms with van der Waals surface area (Å²) >= 11 is 6.51. The van der Waals surface area contributed by atoms with Gasteiger partial charge >= 0.3 is 0 Å². The highest BCUT2D eigenvalue weighted by Gasteiger charge is 2.13. The van der Waals surface area contributed by atoms with E-state index in [9.17, 15) is 4.39 Å². The Bertz CT molecular complexity index is 877. The summed E-state index contributed by atoms with van der Waals surface area (Å²) < 4.78 is 20.1. The first-order valence-electron chi connectivity index (χ1n) is 8.37. The van der Waals surface area contributed by atoms with Gasteiger partial charge in [-0.2, -0.15) is 5.10 Å². The normalized spacial score (nSPS) is 10.9. The molecule has 3 aromatic rings. The van der Waals surface area contributed by atoms with Crippen LogP contribution in [0, 0.1) is 12.7 Å². The molecule has 1 heterocycles. The van der Waals surface area contributed by atoms with Crippen molar-refractivity contribution >= 4 is 11.6 Å².